The van der Waals surface area contributed by atoms with Crippen LogP contribution >= 0.6 is 0 Å². The van der Waals surface area contributed by atoms with Gasteiger partial charge in [0.15, 0.2) is 0 Å². The third kappa shape index (κ3) is 13.7. The van der Waals surface area contributed by atoms with Gasteiger partial charge in [-0.25, -0.2) is 0 Å². The highest BCUT2D eigenvalue weighted by atomic mass is 16.4. The van der Waals surface area contributed by atoms with E-state index in [1.165, 1.54) is 58.0 Å². The largest absolute Gasteiger partial charge is 0.481 e. The summed E-state index contributed by atoms with van der Waals surface area (Å²) in [5, 5.41) is 11.9. The van der Waals surface area contributed by atoms with Crippen LogP contribution in [0.15, 0.2) is 0 Å². The maximum atomic E-state index is 10.5. The van der Waals surface area contributed by atoms with Gasteiger partial charge in [0.25, 0.3) is 0 Å². The second-order valence-electron chi connectivity index (χ2n) is 5.53. The number of hydrogen-bond acceptors (Lipinski definition) is 2. The number of nitrogens with one attached hydrogen (secondary N) is 1. The summed E-state index contributed by atoms with van der Waals surface area (Å²) in [5.74, 6) is -0.253. The molecule has 0 bridgehead atoms. The van der Waals surface area contributed by atoms with Crippen LogP contribution < -0.4 is 5.32 Å². The van der Waals surface area contributed by atoms with Gasteiger partial charge in [0, 0.05) is 6.42 Å². The molecule has 2 N–H and O–H groups in total. The quantitative estimate of drug-likeness (QED) is 0.650. The fourth-order valence-electron chi connectivity index (χ4n) is 2.36. The van der Waals surface area contributed by atoms with Crippen molar-refractivity contribution in [2.45, 2.75) is 78.1 Å². The normalized spacial score (nSPS) is 16.3. The van der Waals surface area contributed by atoms with Gasteiger partial charge in [-0.15, -0.1) is 0 Å². The number of carboxylic acid groups (broad SMARTS) is 1. The van der Waals surface area contributed by atoms with Gasteiger partial charge in [0.05, 0.1) is 0 Å². The Kier molecular flexibility index (Phi) is 13.4. The van der Waals surface area contributed by atoms with Crippen molar-refractivity contribution in [2.75, 3.05) is 13.1 Å². The molecule has 1 atom stereocenters. The zero-order valence-electron chi connectivity index (χ0n) is 12.9. The minimum atomic E-state index is -0.651. The Hall–Kier alpha value is -0.570. The molecule has 114 valence electrons. The molecule has 0 aliphatic carbocycles. The smallest absolute Gasteiger partial charge is 0.303 e. The van der Waals surface area contributed by atoms with Crippen molar-refractivity contribution in [3.8, 4) is 0 Å². The molecule has 1 rings (SSSR count). The Labute approximate surface area is 119 Å². The maximum absolute atomic E-state index is 10.5. The monoisotopic (exact) mass is 271 g/mol. The number of rotatable bonds is 8. The Bertz CT molecular complexity index is 191. The Morgan fingerprint density at radius 3 is 2.16 bits per heavy atom. The topological polar surface area (TPSA) is 49.3 Å². The second kappa shape index (κ2) is 13.9. The third-order valence-electron chi connectivity index (χ3n) is 3.71. The van der Waals surface area contributed by atoms with Gasteiger partial charge in [-0.2, -0.15) is 0 Å². The van der Waals surface area contributed by atoms with Crippen LogP contribution in [0.25, 0.3) is 0 Å². The van der Waals surface area contributed by atoms with Crippen LogP contribution in [0.4, 0.5) is 0 Å². The summed E-state index contributed by atoms with van der Waals surface area (Å²) in [6.07, 6.45) is 11.6. The Morgan fingerprint density at radius 1 is 1.11 bits per heavy atom. The van der Waals surface area contributed by atoms with Crippen LogP contribution in [-0.4, -0.2) is 24.2 Å². The lowest BCUT2D eigenvalue weighted by Crippen LogP contribution is -2.21. The molecule has 1 saturated heterocycles. The lowest BCUT2D eigenvalue weighted by Gasteiger charge is -2.11. The fourth-order valence-corrected chi connectivity index (χ4v) is 2.36. The van der Waals surface area contributed by atoms with Crippen LogP contribution in [0.5, 0.6) is 0 Å². The van der Waals surface area contributed by atoms with Crippen LogP contribution in [-0.2, 0) is 4.79 Å². The van der Waals surface area contributed by atoms with Crippen molar-refractivity contribution in [1.82, 2.24) is 5.32 Å². The van der Waals surface area contributed by atoms with Gasteiger partial charge in [-0.3, -0.25) is 4.79 Å². The molecule has 0 aromatic carbocycles. The van der Waals surface area contributed by atoms with E-state index in [2.05, 4.69) is 19.2 Å². The van der Waals surface area contributed by atoms with Crippen LogP contribution in [0.2, 0.25) is 0 Å². The van der Waals surface area contributed by atoms with Crippen molar-refractivity contribution in [2.24, 2.45) is 5.92 Å². The lowest BCUT2D eigenvalue weighted by atomic mass is 9.95. The third-order valence-corrected chi connectivity index (χ3v) is 3.71. The first kappa shape index (κ1) is 18.4. The average molecular weight is 271 g/mol. The van der Waals surface area contributed by atoms with E-state index in [0.717, 1.165) is 12.8 Å². The highest BCUT2D eigenvalue weighted by Crippen LogP contribution is 2.17. The fraction of sp³-hybridized carbons (Fsp3) is 0.938. The summed E-state index contributed by atoms with van der Waals surface area (Å²) in [6.45, 7) is 6.77. The van der Waals surface area contributed by atoms with E-state index >= 15 is 0 Å². The molecule has 1 aliphatic rings. The van der Waals surface area contributed by atoms with E-state index in [9.17, 15) is 4.79 Å². The SMILES string of the molecule is C1CCNCC1.CCCCCCC(CC)CC(=O)O. The highest BCUT2D eigenvalue weighted by molar-refractivity contribution is 5.66. The summed E-state index contributed by atoms with van der Waals surface area (Å²) in [5.41, 5.74) is 0. The van der Waals surface area contributed by atoms with Gasteiger partial charge < -0.3 is 10.4 Å². The maximum Gasteiger partial charge on any atom is 0.303 e. The van der Waals surface area contributed by atoms with Gasteiger partial charge >= 0.3 is 5.97 Å². The first-order valence-corrected chi connectivity index (χ1v) is 8.13. The first-order chi connectivity index (χ1) is 9.20. The van der Waals surface area contributed by atoms with E-state index in [0.29, 0.717) is 12.3 Å². The van der Waals surface area contributed by atoms with E-state index in [4.69, 9.17) is 5.11 Å². The Balaban J connectivity index is 0.000000443. The molecule has 0 spiro atoms. The summed E-state index contributed by atoms with van der Waals surface area (Å²) >= 11 is 0. The molecule has 3 heteroatoms. The number of unbranched alkanes of at least 4 members (excludes halogenated alkanes) is 3. The number of piperidine rings is 1. The number of aliphatic carboxylic acids is 1. The number of carbonyl (C=O) groups is 1. The van der Waals surface area contributed by atoms with Crippen molar-refractivity contribution in [3.63, 3.8) is 0 Å². The summed E-state index contributed by atoms with van der Waals surface area (Å²) in [4.78, 5) is 10.5. The van der Waals surface area contributed by atoms with Crippen molar-refractivity contribution >= 4 is 5.97 Å². The Morgan fingerprint density at radius 2 is 1.79 bits per heavy atom. The molecule has 0 saturated carbocycles. The molecule has 1 heterocycles. The molecule has 0 radical (unpaired) electrons. The summed E-state index contributed by atoms with van der Waals surface area (Å²) in [6, 6.07) is 0. The first-order valence-electron chi connectivity index (χ1n) is 8.13. The zero-order chi connectivity index (χ0) is 14.3. The van der Waals surface area contributed by atoms with E-state index in [-0.39, 0.29) is 0 Å². The standard InChI is InChI=1S/C11H22O2.C5H11N/c1-3-5-6-7-8-10(4-2)9-11(12)13;1-2-4-6-5-3-1/h10H,3-9H2,1-2H3,(H,12,13);6H,1-5H2. The minimum Gasteiger partial charge on any atom is -0.481 e. The molecule has 1 fully saturated rings. The lowest BCUT2D eigenvalue weighted by molar-refractivity contribution is -0.138. The molecule has 0 amide bonds. The average Bonchev–Trinajstić information content (AvgIpc) is 2.44. The van der Waals surface area contributed by atoms with Gasteiger partial charge in [-0.05, 0) is 38.3 Å². The number of hydrogen-bond donors (Lipinski definition) is 2. The van der Waals surface area contributed by atoms with E-state index in [1.807, 2.05) is 0 Å². The zero-order valence-corrected chi connectivity index (χ0v) is 12.9. The van der Waals surface area contributed by atoms with Crippen molar-refractivity contribution < 1.29 is 9.90 Å². The molecular formula is C16H33NO2. The predicted octanol–water partition coefficient (Wildman–Crippen LogP) is 4.22. The highest BCUT2D eigenvalue weighted by Gasteiger charge is 2.09. The van der Waals surface area contributed by atoms with Gasteiger partial charge in [-0.1, -0.05) is 52.4 Å². The van der Waals surface area contributed by atoms with Crippen LogP contribution in [0.3, 0.4) is 0 Å². The second-order valence-corrected chi connectivity index (χ2v) is 5.53. The minimum absolute atomic E-state index is 0.350. The summed E-state index contributed by atoms with van der Waals surface area (Å²) < 4.78 is 0. The van der Waals surface area contributed by atoms with E-state index in [1.54, 1.807) is 0 Å². The van der Waals surface area contributed by atoms with Gasteiger partial charge in [0.1, 0.15) is 0 Å². The molecule has 0 aromatic rings. The molecular weight excluding hydrogens is 238 g/mol. The predicted molar refractivity (Wildman–Crippen MR) is 81.5 cm³/mol. The van der Waals surface area contributed by atoms with Crippen LogP contribution in [0, 0.1) is 5.92 Å². The van der Waals surface area contributed by atoms with Gasteiger partial charge in [0.2, 0.25) is 0 Å². The molecule has 1 unspecified atom stereocenters. The molecule has 19 heavy (non-hydrogen) atoms. The summed E-state index contributed by atoms with van der Waals surface area (Å²) in [7, 11) is 0. The molecule has 3 nitrogen and oxygen atoms in total. The number of carboxylic acids is 1. The van der Waals surface area contributed by atoms with E-state index < -0.39 is 5.97 Å². The van der Waals surface area contributed by atoms with Crippen molar-refractivity contribution in [1.29, 1.82) is 0 Å². The van der Waals surface area contributed by atoms with Crippen molar-refractivity contribution in [3.05, 3.63) is 0 Å². The van der Waals surface area contributed by atoms with Crippen LogP contribution in [0.1, 0.15) is 78.1 Å². The molecule has 0 aromatic heterocycles. The molecule has 1 aliphatic heterocycles.